The molecule has 0 amide bonds. The predicted octanol–water partition coefficient (Wildman–Crippen LogP) is -0.530. The van der Waals surface area contributed by atoms with Crippen LogP contribution in [0, 0.1) is 5.92 Å². The van der Waals surface area contributed by atoms with Gasteiger partial charge >= 0.3 is 0 Å². The monoisotopic (exact) mass is 222 g/mol. The van der Waals surface area contributed by atoms with Crippen LogP contribution in [-0.4, -0.2) is 51.6 Å². The molecule has 0 radical (unpaired) electrons. The summed E-state index contributed by atoms with van der Waals surface area (Å²) in [4.78, 5) is 0. The smallest absolute Gasteiger partial charge is 0.160 e. The van der Waals surface area contributed by atoms with Gasteiger partial charge in [-0.15, -0.1) is 0 Å². The molecule has 1 saturated heterocycles. The minimum Gasteiger partial charge on any atom is -0.394 e. The van der Waals surface area contributed by atoms with E-state index < -0.39 is 37.1 Å². The molecular formula is C10H22O5. The molecule has 1 rings (SSSR count). The first kappa shape index (κ1) is 14.8. The maximum Gasteiger partial charge on any atom is 0.160 e. The Kier molecular flexibility index (Phi) is 7.04. The summed E-state index contributed by atoms with van der Waals surface area (Å²) < 4.78 is 4.83. The second-order valence-corrected chi connectivity index (χ2v) is 3.80. The molecule has 0 spiro atoms. The van der Waals surface area contributed by atoms with Crippen molar-refractivity contribution in [3.05, 3.63) is 0 Å². The standard InChI is InChI=1S/C7H14O5.C3H8/c1-3-5(9)6(10)4(2-8)12-7(3)11;1-3-2/h3-11H,2H2,1H3;3H2,1-2H3/t3-,4-,5-,6+,7+;/m0./s1. The molecule has 5 atom stereocenters. The van der Waals surface area contributed by atoms with Crippen LogP contribution in [0.25, 0.3) is 0 Å². The molecule has 0 aromatic heterocycles. The van der Waals surface area contributed by atoms with Gasteiger partial charge in [-0.3, -0.25) is 0 Å². The van der Waals surface area contributed by atoms with Crippen molar-refractivity contribution in [2.45, 2.75) is 51.8 Å². The maximum atomic E-state index is 9.32. The molecular weight excluding hydrogens is 200 g/mol. The summed E-state index contributed by atoms with van der Waals surface area (Å²) in [6.07, 6.45) is -2.95. The van der Waals surface area contributed by atoms with Crippen molar-refractivity contribution in [2.75, 3.05) is 6.61 Å². The fourth-order valence-corrected chi connectivity index (χ4v) is 1.23. The molecule has 0 aromatic carbocycles. The Morgan fingerprint density at radius 3 is 1.93 bits per heavy atom. The average molecular weight is 222 g/mol. The lowest BCUT2D eigenvalue weighted by atomic mass is 9.93. The van der Waals surface area contributed by atoms with Gasteiger partial charge in [0.05, 0.1) is 12.7 Å². The van der Waals surface area contributed by atoms with Crippen LogP contribution in [0.3, 0.4) is 0 Å². The van der Waals surface area contributed by atoms with Crippen LogP contribution < -0.4 is 0 Å². The van der Waals surface area contributed by atoms with Crippen LogP contribution in [0.2, 0.25) is 0 Å². The number of hydrogen-bond acceptors (Lipinski definition) is 5. The molecule has 4 N–H and O–H groups in total. The van der Waals surface area contributed by atoms with Crippen LogP contribution in [0.1, 0.15) is 27.2 Å². The normalized spacial score (nSPS) is 40.6. The predicted molar refractivity (Wildman–Crippen MR) is 55.1 cm³/mol. The first-order valence-electron chi connectivity index (χ1n) is 5.30. The lowest BCUT2D eigenvalue weighted by molar-refractivity contribution is -0.266. The van der Waals surface area contributed by atoms with Crippen molar-refractivity contribution in [1.82, 2.24) is 0 Å². The summed E-state index contributed by atoms with van der Waals surface area (Å²) in [5, 5.41) is 36.4. The van der Waals surface area contributed by atoms with Crippen LogP contribution in [0.15, 0.2) is 0 Å². The molecule has 1 heterocycles. The second-order valence-electron chi connectivity index (χ2n) is 3.80. The van der Waals surface area contributed by atoms with Crippen LogP contribution >= 0.6 is 0 Å². The molecule has 0 saturated carbocycles. The largest absolute Gasteiger partial charge is 0.394 e. The summed E-state index contributed by atoms with van der Waals surface area (Å²) in [5.41, 5.74) is 0. The van der Waals surface area contributed by atoms with E-state index in [1.165, 1.54) is 6.42 Å². The molecule has 0 aromatic rings. The molecule has 5 heteroatoms. The van der Waals surface area contributed by atoms with Crippen molar-refractivity contribution in [1.29, 1.82) is 0 Å². The van der Waals surface area contributed by atoms with Gasteiger partial charge in [-0.2, -0.15) is 0 Å². The molecule has 5 nitrogen and oxygen atoms in total. The van der Waals surface area contributed by atoms with E-state index in [-0.39, 0.29) is 0 Å². The van der Waals surface area contributed by atoms with Gasteiger partial charge in [-0.1, -0.05) is 27.2 Å². The summed E-state index contributed by atoms with van der Waals surface area (Å²) >= 11 is 0. The van der Waals surface area contributed by atoms with E-state index in [0.29, 0.717) is 0 Å². The topological polar surface area (TPSA) is 90.2 Å². The molecule has 15 heavy (non-hydrogen) atoms. The number of ether oxygens (including phenoxy) is 1. The highest BCUT2D eigenvalue weighted by atomic mass is 16.6. The van der Waals surface area contributed by atoms with Gasteiger partial charge in [0, 0.05) is 5.92 Å². The average Bonchev–Trinajstić information content (AvgIpc) is 2.21. The zero-order chi connectivity index (χ0) is 12.0. The Morgan fingerprint density at radius 1 is 1.07 bits per heavy atom. The second kappa shape index (κ2) is 7.14. The lowest BCUT2D eigenvalue weighted by Crippen LogP contribution is -2.54. The van der Waals surface area contributed by atoms with Crippen molar-refractivity contribution in [3.63, 3.8) is 0 Å². The fraction of sp³-hybridized carbons (Fsp3) is 1.00. The summed E-state index contributed by atoms with van der Waals surface area (Å²) in [6.45, 7) is 5.40. The molecule has 1 aliphatic rings. The van der Waals surface area contributed by atoms with Crippen LogP contribution in [0.5, 0.6) is 0 Å². The minimum absolute atomic E-state index is 0.415. The highest BCUT2D eigenvalue weighted by molar-refractivity contribution is 4.86. The molecule has 1 aliphatic heterocycles. The van der Waals surface area contributed by atoms with Gasteiger partial charge in [-0.05, 0) is 0 Å². The van der Waals surface area contributed by atoms with Gasteiger partial charge in [-0.25, -0.2) is 0 Å². The van der Waals surface area contributed by atoms with Gasteiger partial charge in [0.15, 0.2) is 6.29 Å². The van der Waals surface area contributed by atoms with Gasteiger partial charge in [0.1, 0.15) is 12.2 Å². The first-order chi connectivity index (χ1) is 6.99. The number of rotatable bonds is 1. The number of hydrogen-bond donors (Lipinski definition) is 4. The van der Waals surface area contributed by atoms with Crippen molar-refractivity contribution < 1.29 is 25.2 Å². The van der Waals surface area contributed by atoms with E-state index in [1.54, 1.807) is 6.92 Å². The van der Waals surface area contributed by atoms with E-state index in [1.807, 2.05) is 0 Å². The molecule has 92 valence electrons. The number of aliphatic hydroxyl groups excluding tert-OH is 4. The van der Waals surface area contributed by atoms with Crippen LogP contribution in [0.4, 0.5) is 0 Å². The van der Waals surface area contributed by atoms with Gasteiger partial charge in [0.25, 0.3) is 0 Å². The van der Waals surface area contributed by atoms with Gasteiger partial charge < -0.3 is 25.2 Å². The zero-order valence-corrected chi connectivity index (χ0v) is 9.50. The third kappa shape index (κ3) is 4.04. The van der Waals surface area contributed by atoms with E-state index in [0.717, 1.165) is 0 Å². The molecule has 0 bridgehead atoms. The summed E-state index contributed by atoms with van der Waals surface area (Å²) in [6, 6.07) is 0. The molecule has 0 aliphatic carbocycles. The summed E-state index contributed by atoms with van der Waals surface area (Å²) in [5.74, 6) is -0.539. The van der Waals surface area contributed by atoms with Crippen molar-refractivity contribution in [2.24, 2.45) is 5.92 Å². The Bertz CT molecular complexity index is 159. The SMILES string of the molecule is CCC.C[C@H]1[C@H](O)[C@H](O)[C@H](CO)O[C@H]1O. The Morgan fingerprint density at radius 2 is 1.53 bits per heavy atom. The molecule has 1 fully saturated rings. The van der Waals surface area contributed by atoms with Crippen LogP contribution in [-0.2, 0) is 4.74 Å². The first-order valence-corrected chi connectivity index (χ1v) is 5.30. The van der Waals surface area contributed by atoms with Crippen molar-refractivity contribution in [3.8, 4) is 0 Å². The third-order valence-electron chi connectivity index (χ3n) is 2.21. The third-order valence-corrected chi connectivity index (χ3v) is 2.21. The van der Waals surface area contributed by atoms with E-state index in [4.69, 9.17) is 14.9 Å². The quantitative estimate of drug-likeness (QED) is 0.479. The summed E-state index contributed by atoms with van der Waals surface area (Å²) in [7, 11) is 0. The van der Waals surface area contributed by atoms with E-state index >= 15 is 0 Å². The maximum absolute atomic E-state index is 9.32. The number of aliphatic hydroxyl groups is 4. The lowest BCUT2D eigenvalue weighted by Gasteiger charge is -2.38. The fourth-order valence-electron chi connectivity index (χ4n) is 1.23. The van der Waals surface area contributed by atoms with E-state index in [9.17, 15) is 10.2 Å². The van der Waals surface area contributed by atoms with Crippen molar-refractivity contribution >= 4 is 0 Å². The minimum atomic E-state index is -1.13. The zero-order valence-electron chi connectivity index (χ0n) is 9.50. The Balaban J connectivity index is 0.000000583. The highest BCUT2D eigenvalue weighted by Crippen LogP contribution is 2.23. The highest BCUT2D eigenvalue weighted by Gasteiger charge is 2.40. The van der Waals surface area contributed by atoms with Gasteiger partial charge in [0.2, 0.25) is 0 Å². The molecule has 0 unspecified atom stereocenters. The Hall–Kier alpha value is -0.200. The Labute approximate surface area is 90.3 Å². The van der Waals surface area contributed by atoms with E-state index in [2.05, 4.69) is 13.8 Å².